The molecule has 4 heteroatoms. The van der Waals surface area contributed by atoms with E-state index in [9.17, 15) is 9.59 Å². The van der Waals surface area contributed by atoms with Crippen LogP contribution in [0.2, 0.25) is 0 Å². The van der Waals surface area contributed by atoms with Crippen molar-refractivity contribution < 1.29 is 14.7 Å². The Morgan fingerprint density at radius 1 is 1.75 bits per heavy atom. The number of amides is 1. The third-order valence-corrected chi connectivity index (χ3v) is 1.89. The minimum atomic E-state index is -0.523. The van der Waals surface area contributed by atoms with Crippen LogP contribution in [0.5, 0.6) is 0 Å². The number of nitrogens with one attached hydrogen (secondary N) is 1. The third kappa shape index (κ3) is 2.30. The predicted octanol–water partition coefficient (Wildman–Crippen LogP) is -0.537. The summed E-state index contributed by atoms with van der Waals surface area (Å²) in [7, 11) is 0. The molecule has 1 amide bonds. The summed E-state index contributed by atoms with van der Waals surface area (Å²) in [6.07, 6.45) is 0.210. The van der Waals surface area contributed by atoms with Crippen molar-refractivity contribution in [2.75, 3.05) is 6.54 Å². The molecule has 0 aromatic rings. The maximum Gasteiger partial charge on any atom is 0.224 e. The van der Waals surface area contributed by atoms with E-state index in [0.717, 1.165) is 0 Å². The van der Waals surface area contributed by atoms with Crippen molar-refractivity contribution in [1.82, 2.24) is 5.32 Å². The van der Waals surface area contributed by atoms with E-state index >= 15 is 0 Å². The monoisotopic (exact) mass is 171 g/mol. The fourth-order valence-corrected chi connectivity index (χ4v) is 1.07. The SMILES string of the molecule is C[C@H](O)CNC(=O)C1CC(=O)C1. The van der Waals surface area contributed by atoms with Crippen molar-refractivity contribution in [2.45, 2.75) is 25.9 Å². The molecule has 0 spiro atoms. The van der Waals surface area contributed by atoms with Gasteiger partial charge < -0.3 is 10.4 Å². The smallest absolute Gasteiger partial charge is 0.224 e. The van der Waals surface area contributed by atoms with E-state index in [1.807, 2.05) is 0 Å². The average molecular weight is 171 g/mol. The first-order chi connectivity index (χ1) is 5.59. The van der Waals surface area contributed by atoms with Crippen molar-refractivity contribution in [3.05, 3.63) is 0 Å². The summed E-state index contributed by atoms with van der Waals surface area (Å²) < 4.78 is 0. The number of carbonyl (C=O) groups is 2. The molecule has 1 aliphatic rings. The molecule has 2 N–H and O–H groups in total. The lowest BCUT2D eigenvalue weighted by Gasteiger charge is -2.23. The minimum Gasteiger partial charge on any atom is -0.392 e. The van der Waals surface area contributed by atoms with E-state index in [0.29, 0.717) is 12.8 Å². The lowest BCUT2D eigenvalue weighted by molar-refractivity contribution is -0.138. The molecule has 0 bridgehead atoms. The Morgan fingerprint density at radius 3 is 2.75 bits per heavy atom. The van der Waals surface area contributed by atoms with Crippen LogP contribution < -0.4 is 5.32 Å². The van der Waals surface area contributed by atoms with Crippen molar-refractivity contribution in [3.8, 4) is 0 Å². The number of ketones is 1. The molecule has 1 aliphatic carbocycles. The van der Waals surface area contributed by atoms with Crippen LogP contribution in [0.15, 0.2) is 0 Å². The van der Waals surface area contributed by atoms with Crippen LogP contribution in [0.1, 0.15) is 19.8 Å². The molecular weight excluding hydrogens is 158 g/mol. The molecule has 1 saturated carbocycles. The largest absolute Gasteiger partial charge is 0.392 e. The first-order valence-electron chi connectivity index (χ1n) is 4.07. The third-order valence-electron chi connectivity index (χ3n) is 1.89. The second-order valence-corrected chi connectivity index (χ2v) is 3.24. The van der Waals surface area contributed by atoms with E-state index in [1.165, 1.54) is 0 Å². The second-order valence-electron chi connectivity index (χ2n) is 3.24. The summed E-state index contributed by atoms with van der Waals surface area (Å²) in [5.74, 6) is -0.112. The number of aliphatic hydroxyl groups is 1. The van der Waals surface area contributed by atoms with Crippen LogP contribution in [0.3, 0.4) is 0 Å². The Hall–Kier alpha value is -0.900. The van der Waals surface area contributed by atoms with Gasteiger partial charge in [0.05, 0.1) is 12.0 Å². The zero-order chi connectivity index (χ0) is 9.14. The molecule has 0 aliphatic heterocycles. The number of carbonyl (C=O) groups excluding carboxylic acids is 2. The van der Waals surface area contributed by atoms with Gasteiger partial charge in [0.25, 0.3) is 0 Å². The standard InChI is InChI=1S/C8H13NO3/c1-5(10)4-9-8(12)6-2-7(11)3-6/h5-6,10H,2-4H2,1H3,(H,9,12)/t5-/m0/s1. The van der Waals surface area contributed by atoms with Gasteiger partial charge in [0.1, 0.15) is 5.78 Å². The van der Waals surface area contributed by atoms with Crippen molar-refractivity contribution in [3.63, 3.8) is 0 Å². The first kappa shape index (κ1) is 9.19. The van der Waals surface area contributed by atoms with Gasteiger partial charge in [0, 0.05) is 19.4 Å². The molecule has 1 rings (SSSR count). The number of aliphatic hydroxyl groups excluding tert-OH is 1. The van der Waals surface area contributed by atoms with E-state index in [1.54, 1.807) is 6.92 Å². The van der Waals surface area contributed by atoms with E-state index in [2.05, 4.69) is 5.32 Å². The maximum atomic E-state index is 11.1. The highest BCUT2D eigenvalue weighted by atomic mass is 16.3. The van der Waals surface area contributed by atoms with Crippen molar-refractivity contribution >= 4 is 11.7 Å². The minimum absolute atomic E-state index is 0.115. The molecule has 4 nitrogen and oxygen atoms in total. The molecule has 0 heterocycles. The van der Waals surface area contributed by atoms with E-state index in [-0.39, 0.29) is 24.2 Å². The van der Waals surface area contributed by atoms with Gasteiger partial charge in [0.2, 0.25) is 5.91 Å². The Morgan fingerprint density at radius 2 is 2.33 bits per heavy atom. The Kier molecular flexibility index (Phi) is 2.81. The summed E-state index contributed by atoms with van der Waals surface area (Å²) in [4.78, 5) is 21.6. The molecule has 0 aromatic carbocycles. The molecule has 0 aromatic heterocycles. The average Bonchev–Trinajstić information content (AvgIpc) is 1.94. The molecule has 1 atom stereocenters. The fraction of sp³-hybridized carbons (Fsp3) is 0.750. The van der Waals surface area contributed by atoms with Gasteiger partial charge in [-0.3, -0.25) is 9.59 Å². The van der Waals surface area contributed by atoms with E-state index < -0.39 is 6.10 Å². The number of rotatable bonds is 3. The first-order valence-corrected chi connectivity index (χ1v) is 4.07. The topological polar surface area (TPSA) is 66.4 Å². The number of hydrogen-bond donors (Lipinski definition) is 2. The quantitative estimate of drug-likeness (QED) is 0.599. The predicted molar refractivity (Wildman–Crippen MR) is 42.4 cm³/mol. The summed E-state index contributed by atoms with van der Waals surface area (Å²) in [5, 5.41) is 11.4. The molecule has 1 fully saturated rings. The summed E-state index contributed by atoms with van der Waals surface area (Å²) in [6, 6.07) is 0. The highest BCUT2D eigenvalue weighted by molar-refractivity contribution is 5.96. The lowest BCUT2D eigenvalue weighted by atomic mass is 9.83. The van der Waals surface area contributed by atoms with Crippen LogP contribution in [0.4, 0.5) is 0 Å². The van der Waals surface area contributed by atoms with Gasteiger partial charge in [-0.05, 0) is 6.92 Å². The summed E-state index contributed by atoms with van der Waals surface area (Å²) >= 11 is 0. The molecule has 68 valence electrons. The van der Waals surface area contributed by atoms with Gasteiger partial charge in [-0.1, -0.05) is 0 Å². The van der Waals surface area contributed by atoms with Crippen molar-refractivity contribution in [2.24, 2.45) is 5.92 Å². The van der Waals surface area contributed by atoms with Crippen LogP contribution in [-0.2, 0) is 9.59 Å². The van der Waals surface area contributed by atoms with Gasteiger partial charge in [0.15, 0.2) is 0 Å². The molecule has 12 heavy (non-hydrogen) atoms. The molecule has 0 saturated heterocycles. The number of Topliss-reactive ketones (excluding diaryl/α,β-unsaturated/α-hetero) is 1. The number of hydrogen-bond acceptors (Lipinski definition) is 3. The summed E-state index contributed by atoms with van der Waals surface area (Å²) in [5.41, 5.74) is 0. The van der Waals surface area contributed by atoms with Gasteiger partial charge >= 0.3 is 0 Å². The van der Waals surface area contributed by atoms with E-state index in [4.69, 9.17) is 5.11 Å². The zero-order valence-electron chi connectivity index (χ0n) is 7.04. The maximum absolute atomic E-state index is 11.1. The summed E-state index contributed by atoms with van der Waals surface area (Å²) in [6.45, 7) is 1.87. The van der Waals surface area contributed by atoms with Gasteiger partial charge in [-0.25, -0.2) is 0 Å². The van der Waals surface area contributed by atoms with Gasteiger partial charge in [-0.2, -0.15) is 0 Å². The Bertz CT molecular complexity index is 192. The molecular formula is C8H13NO3. The van der Waals surface area contributed by atoms with Crippen LogP contribution in [0.25, 0.3) is 0 Å². The fourth-order valence-electron chi connectivity index (χ4n) is 1.07. The highest BCUT2D eigenvalue weighted by Crippen LogP contribution is 2.22. The molecule has 0 radical (unpaired) electrons. The van der Waals surface area contributed by atoms with Gasteiger partial charge in [-0.15, -0.1) is 0 Å². The Labute approximate surface area is 71.0 Å². The van der Waals surface area contributed by atoms with Crippen molar-refractivity contribution in [1.29, 1.82) is 0 Å². The normalized spacial score (nSPS) is 20.0. The lowest BCUT2D eigenvalue weighted by Crippen LogP contribution is -2.41. The second kappa shape index (κ2) is 3.67. The van der Waals surface area contributed by atoms with Crippen LogP contribution >= 0.6 is 0 Å². The zero-order valence-corrected chi connectivity index (χ0v) is 7.04. The highest BCUT2D eigenvalue weighted by Gasteiger charge is 2.32. The molecule has 0 unspecified atom stereocenters. The van der Waals surface area contributed by atoms with Crippen LogP contribution in [0, 0.1) is 5.92 Å². The Balaban J connectivity index is 2.17. The van der Waals surface area contributed by atoms with Crippen LogP contribution in [-0.4, -0.2) is 29.4 Å².